The molecule has 11 rings (SSSR count). The highest BCUT2D eigenvalue weighted by Gasteiger charge is 2.41. The number of benzene rings is 6. The Hall–Kier alpha value is -6.33. The van der Waals surface area contributed by atoms with Gasteiger partial charge >= 0.3 is 12.4 Å². The summed E-state index contributed by atoms with van der Waals surface area (Å²) < 4.78 is 120. The van der Waals surface area contributed by atoms with E-state index in [0.29, 0.717) is 104 Å². The SMILES string of the molecule is Cc1cc(-c2nc3cccc(F)c3c(N3CC(C)(C)c4ccc(I)cc43)c2C)cc(C(F)(F)F)c1.Cc1cc(-c2nc3cccc(F)c3c(N3CC(C)(C)c4ccc(N5CCOCC5)cc43)c2C)cc(C(F)(F)F)c1. The average molecular weight is 1140 g/mol. The second-order valence-corrected chi connectivity index (χ2v) is 22.5. The molecule has 3 aliphatic rings. The molecule has 0 spiro atoms. The predicted octanol–water partition coefficient (Wildman–Crippen LogP) is 16.7. The first-order valence-electron chi connectivity index (χ1n) is 24.7. The van der Waals surface area contributed by atoms with Crippen LogP contribution < -0.4 is 14.7 Å². The Labute approximate surface area is 444 Å². The first-order chi connectivity index (χ1) is 35.3. The maximum atomic E-state index is 15.6. The summed E-state index contributed by atoms with van der Waals surface area (Å²) in [6.07, 6.45) is -8.97. The highest BCUT2D eigenvalue weighted by atomic mass is 127. The van der Waals surface area contributed by atoms with E-state index in [4.69, 9.17) is 9.72 Å². The molecule has 0 radical (unpaired) electrons. The van der Waals surface area contributed by atoms with Crippen molar-refractivity contribution in [2.45, 2.75) is 78.6 Å². The van der Waals surface area contributed by atoms with Crippen LogP contribution in [0.3, 0.4) is 0 Å². The van der Waals surface area contributed by atoms with Crippen LogP contribution in [-0.4, -0.2) is 49.4 Å². The van der Waals surface area contributed by atoms with Gasteiger partial charge in [-0.2, -0.15) is 26.3 Å². The number of anilines is 5. The van der Waals surface area contributed by atoms with Crippen molar-refractivity contribution in [2.24, 2.45) is 0 Å². The lowest BCUT2D eigenvalue weighted by Gasteiger charge is -2.30. The minimum Gasteiger partial charge on any atom is -0.378 e. The van der Waals surface area contributed by atoms with E-state index in [0.717, 1.165) is 69.1 Å². The molecule has 0 aliphatic carbocycles. The third kappa shape index (κ3) is 9.68. The van der Waals surface area contributed by atoms with Crippen LogP contribution in [-0.2, 0) is 27.9 Å². The molecule has 5 heterocycles. The molecule has 75 heavy (non-hydrogen) atoms. The lowest BCUT2D eigenvalue weighted by atomic mass is 9.87. The molecule has 0 N–H and O–H groups in total. The summed E-state index contributed by atoms with van der Waals surface area (Å²) in [7, 11) is 0. The molecule has 0 amide bonds. The van der Waals surface area contributed by atoms with Gasteiger partial charge in [-0.15, -0.1) is 0 Å². The Morgan fingerprint density at radius 3 is 1.44 bits per heavy atom. The van der Waals surface area contributed by atoms with E-state index in [-0.39, 0.29) is 10.8 Å². The number of aromatic nitrogens is 2. The van der Waals surface area contributed by atoms with Gasteiger partial charge in [0.1, 0.15) is 11.6 Å². The summed E-state index contributed by atoms with van der Waals surface area (Å²) in [5, 5.41) is 0.743. The average Bonchev–Trinajstić information content (AvgIpc) is 3.77. The summed E-state index contributed by atoms with van der Waals surface area (Å²) in [6.45, 7) is 19.6. The molecular weight excluding hydrogens is 1090 g/mol. The molecule has 8 aromatic rings. The molecule has 0 unspecified atom stereocenters. The van der Waals surface area contributed by atoms with Gasteiger partial charge in [0, 0.05) is 68.8 Å². The van der Waals surface area contributed by atoms with Crippen molar-refractivity contribution in [3.05, 3.63) is 169 Å². The highest BCUT2D eigenvalue weighted by molar-refractivity contribution is 14.1. The smallest absolute Gasteiger partial charge is 0.378 e. The third-order valence-corrected chi connectivity index (χ3v) is 15.4. The zero-order valence-electron chi connectivity index (χ0n) is 42.7. The van der Waals surface area contributed by atoms with Crippen molar-refractivity contribution in [1.82, 2.24) is 9.97 Å². The van der Waals surface area contributed by atoms with Crippen LogP contribution >= 0.6 is 22.6 Å². The molecule has 3 aliphatic heterocycles. The van der Waals surface area contributed by atoms with Gasteiger partial charge in [-0.1, -0.05) is 52.0 Å². The topological polar surface area (TPSA) is 44.7 Å². The normalized spacial score (nSPS) is 16.1. The molecule has 15 heteroatoms. The van der Waals surface area contributed by atoms with Crippen molar-refractivity contribution in [3.63, 3.8) is 0 Å². The molecule has 388 valence electrons. The standard InChI is InChI=1S/C32H31F4N3O.C28H23F4IN2/c1-19-14-21(16-22(15-19)32(34,35)36)29-20(2)30(28-25(33)6-5-7-26(28)37-29)39-18-31(3,4)24-9-8-23(17-27(24)39)38-10-12-40-13-11-38;1-15-10-17(12-18(11-15)28(30,31)32)25-16(2)26(24-21(29)6-5-7-22(24)34-25)35-14-27(3,4)20-9-8-19(33)13-23(20)35/h5-9,14-17H,10-13,18H2,1-4H3;5-13H,14H2,1-4H3. The fourth-order valence-electron chi connectivity index (χ4n) is 11.3. The van der Waals surface area contributed by atoms with E-state index in [9.17, 15) is 26.3 Å². The Balaban J connectivity index is 0.000000173. The maximum absolute atomic E-state index is 15.6. The zero-order chi connectivity index (χ0) is 53.7. The molecule has 2 aromatic heterocycles. The van der Waals surface area contributed by atoms with Crippen molar-refractivity contribution in [3.8, 4) is 22.5 Å². The Morgan fingerprint density at radius 2 is 0.987 bits per heavy atom. The van der Waals surface area contributed by atoms with Crippen LogP contribution in [0.5, 0.6) is 0 Å². The number of alkyl halides is 6. The predicted molar refractivity (Wildman–Crippen MR) is 292 cm³/mol. The Kier molecular flexibility index (Phi) is 13.2. The lowest BCUT2D eigenvalue weighted by Crippen LogP contribution is -2.36. The van der Waals surface area contributed by atoms with Crippen LogP contribution in [0.2, 0.25) is 0 Å². The molecule has 1 fully saturated rings. The number of nitrogens with zero attached hydrogens (tertiary/aromatic N) is 5. The minimum absolute atomic E-state index is 0.195. The van der Waals surface area contributed by atoms with Crippen molar-refractivity contribution < 1.29 is 39.9 Å². The van der Waals surface area contributed by atoms with E-state index < -0.39 is 35.1 Å². The molecule has 0 atom stereocenters. The van der Waals surface area contributed by atoms with E-state index in [1.807, 2.05) is 13.8 Å². The number of rotatable bonds is 5. The molecular formula is C60H54F8IN5O. The number of pyridine rings is 2. The third-order valence-electron chi connectivity index (χ3n) is 14.7. The lowest BCUT2D eigenvalue weighted by molar-refractivity contribution is -0.138. The minimum atomic E-state index is -4.49. The number of aryl methyl sites for hydroxylation is 2. The van der Waals surface area contributed by atoms with Crippen LogP contribution in [0.15, 0.2) is 109 Å². The quantitative estimate of drug-likeness (QED) is 0.126. The summed E-state index contributed by atoms with van der Waals surface area (Å²) >= 11 is 2.26. The van der Waals surface area contributed by atoms with Crippen LogP contribution in [0.25, 0.3) is 44.3 Å². The van der Waals surface area contributed by atoms with Gasteiger partial charge in [0.2, 0.25) is 0 Å². The number of morpholine rings is 1. The van der Waals surface area contributed by atoms with Crippen LogP contribution in [0.4, 0.5) is 63.6 Å². The number of hydrogen-bond donors (Lipinski definition) is 0. The first kappa shape index (κ1) is 52.1. The molecule has 6 nitrogen and oxygen atoms in total. The highest BCUT2D eigenvalue weighted by Crippen LogP contribution is 2.52. The molecule has 1 saturated heterocycles. The zero-order valence-corrected chi connectivity index (χ0v) is 44.8. The van der Waals surface area contributed by atoms with Gasteiger partial charge < -0.3 is 19.4 Å². The van der Waals surface area contributed by atoms with E-state index in [1.54, 1.807) is 50.2 Å². The van der Waals surface area contributed by atoms with Gasteiger partial charge in [-0.25, -0.2) is 18.7 Å². The number of halogens is 9. The molecule has 0 saturated carbocycles. The summed E-state index contributed by atoms with van der Waals surface area (Å²) in [4.78, 5) is 15.9. The van der Waals surface area contributed by atoms with Crippen LogP contribution in [0.1, 0.15) is 72.2 Å². The van der Waals surface area contributed by atoms with E-state index in [1.165, 1.54) is 12.1 Å². The van der Waals surface area contributed by atoms with Gasteiger partial charge in [-0.05, 0) is 169 Å². The largest absolute Gasteiger partial charge is 0.416 e. The van der Waals surface area contributed by atoms with Crippen molar-refractivity contribution >= 4 is 72.8 Å². The summed E-state index contributed by atoms with van der Waals surface area (Å²) in [5.41, 5.74) is 9.32. The summed E-state index contributed by atoms with van der Waals surface area (Å²) in [5.74, 6) is -0.817. The second-order valence-electron chi connectivity index (χ2n) is 21.2. The van der Waals surface area contributed by atoms with Crippen molar-refractivity contribution in [2.75, 3.05) is 54.1 Å². The van der Waals surface area contributed by atoms with Crippen LogP contribution in [0, 0.1) is 42.9 Å². The van der Waals surface area contributed by atoms with Gasteiger partial charge in [-0.3, -0.25) is 0 Å². The molecule has 0 bridgehead atoms. The molecule has 6 aromatic carbocycles. The first-order valence-corrected chi connectivity index (χ1v) is 25.8. The monoisotopic (exact) mass is 1140 g/mol. The van der Waals surface area contributed by atoms with E-state index in [2.05, 4.69) is 106 Å². The Bertz CT molecular complexity index is 3580. The van der Waals surface area contributed by atoms with E-state index >= 15 is 8.78 Å². The van der Waals surface area contributed by atoms with Gasteiger partial charge in [0.15, 0.2) is 0 Å². The van der Waals surface area contributed by atoms with Gasteiger partial charge in [0.25, 0.3) is 0 Å². The summed E-state index contributed by atoms with van der Waals surface area (Å²) in [6, 6.07) is 30.0. The number of hydrogen-bond acceptors (Lipinski definition) is 6. The fraction of sp³-hybridized carbons (Fsp3) is 0.300. The maximum Gasteiger partial charge on any atom is 0.416 e. The number of fused-ring (bicyclic) bond motifs is 4. The number of ether oxygens (including phenoxy) is 1. The van der Waals surface area contributed by atoms with Crippen molar-refractivity contribution in [1.29, 1.82) is 0 Å². The second kappa shape index (κ2) is 19.0. The Morgan fingerprint density at radius 1 is 0.547 bits per heavy atom. The fourth-order valence-corrected chi connectivity index (χ4v) is 11.7. The van der Waals surface area contributed by atoms with Gasteiger partial charge in [0.05, 0.1) is 68.9 Å².